The van der Waals surface area contributed by atoms with Gasteiger partial charge in [0.25, 0.3) is 0 Å². The number of urea groups is 1. The molecule has 6 heteroatoms. The smallest absolute Gasteiger partial charge is 0.308 e. The zero-order chi connectivity index (χ0) is 13.0. The van der Waals surface area contributed by atoms with Crippen molar-refractivity contribution in [1.82, 2.24) is 4.98 Å². The van der Waals surface area contributed by atoms with Gasteiger partial charge in [0.15, 0.2) is 0 Å². The first-order valence-corrected chi connectivity index (χ1v) is 5.89. The summed E-state index contributed by atoms with van der Waals surface area (Å²) in [5, 5.41) is 5.13. The van der Waals surface area contributed by atoms with Crippen LogP contribution in [0.1, 0.15) is 0 Å². The fourth-order valence-electron chi connectivity index (χ4n) is 1.29. The van der Waals surface area contributed by atoms with Gasteiger partial charge in [0.1, 0.15) is 16.2 Å². The summed E-state index contributed by atoms with van der Waals surface area (Å²) >= 11 is 3.20. The van der Waals surface area contributed by atoms with Crippen molar-refractivity contribution in [2.45, 2.75) is 0 Å². The third kappa shape index (κ3) is 3.53. The van der Waals surface area contributed by atoms with Crippen LogP contribution < -0.4 is 10.6 Å². The molecule has 0 aliphatic rings. The Hall–Kier alpha value is -1.95. The molecular formula is C12H9BrFN3O. The fourth-order valence-corrected chi connectivity index (χ4v) is 1.63. The number of hydrogen-bond acceptors (Lipinski definition) is 2. The van der Waals surface area contributed by atoms with Crippen LogP contribution in [0.15, 0.2) is 47.1 Å². The minimum atomic E-state index is -0.438. The standard InChI is InChI=1S/C12H9BrFN3O/c13-10-2-1-3-11(16-10)17-12(18)15-9-6-4-8(14)5-7-9/h1-7H,(H2,15,16,17,18). The van der Waals surface area contributed by atoms with Crippen LogP contribution in [-0.4, -0.2) is 11.0 Å². The topological polar surface area (TPSA) is 54.0 Å². The molecule has 0 saturated carbocycles. The van der Waals surface area contributed by atoms with E-state index in [-0.39, 0.29) is 5.82 Å². The first-order chi connectivity index (χ1) is 8.63. The Balaban J connectivity index is 1.98. The fraction of sp³-hybridized carbons (Fsp3) is 0. The number of rotatable bonds is 2. The highest BCUT2D eigenvalue weighted by atomic mass is 79.9. The first-order valence-electron chi connectivity index (χ1n) is 5.09. The van der Waals surface area contributed by atoms with E-state index in [0.717, 1.165) is 0 Å². The zero-order valence-electron chi connectivity index (χ0n) is 9.15. The Bertz CT molecular complexity index is 560. The van der Waals surface area contributed by atoms with E-state index in [4.69, 9.17) is 0 Å². The lowest BCUT2D eigenvalue weighted by molar-refractivity contribution is 0.262. The van der Waals surface area contributed by atoms with Crippen LogP contribution in [0.4, 0.5) is 20.7 Å². The number of benzene rings is 1. The Kier molecular flexibility index (Phi) is 3.88. The lowest BCUT2D eigenvalue weighted by Crippen LogP contribution is -2.20. The van der Waals surface area contributed by atoms with Gasteiger partial charge in [0.2, 0.25) is 0 Å². The van der Waals surface area contributed by atoms with E-state index in [1.165, 1.54) is 24.3 Å². The molecule has 18 heavy (non-hydrogen) atoms. The van der Waals surface area contributed by atoms with Gasteiger partial charge >= 0.3 is 6.03 Å². The maximum absolute atomic E-state index is 12.7. The molecule has 0 aliphatic carbocycles. The predicted molar refractivity (Wildman–Crippen MR) is 71.0 cm³/mol. The zero-order valence-corrected chi connectivity index (χ0v) is 10.7. The van der Waals surface area contributed by atoms with E-state index in [2.05, 4.69) is 31.5 Å². The first kappa shape index (κ1) is 12.5. The Labute approximate surface area is 111 Å². The molecule has 0 bridgehead atoms. The monoisotopic (exact) mass is 309 g/mol. The average Bonchev–Trinajstić information content (AvgIpc) is 2.32. The van der Waals surface area contributed by atoms with Crippen molar-refractivity contribution < 1.29 is 9.18 Å². The number of pyridine rings is 1. The van der Waals surface area contributed by atoms with E-state index < -0.39 is 6.03 Å². The van der Waals surface area contributed by atoms with Crippen molar-refractivity contribution in [3.05, 3.63) is 52.9 Å². The van der Waals surface area contributed by atoms with Gasteiger partial charge < -0.3 is 5.32 Å². The predicted octanol–water partition coefficient (Wildman–Crippen LogP) is 3.63. The maximum atomic E-state index is 12.7. The van der Waals surface area contributed by atoms with Crippen molar-refractivity contribution >= 4 is 33.5 Å². The second-order valence-electron chi connectivity index (χ2n) is 3.43. The largest absolute Gasteiger partial charge is 0.324 e. The molecule has 0 atom stereocenters. The average molecular weight is 310 g/mol. The molecule has 2 amide bonds. The molecule has 2 rings (SSSR count). The molecule has 92 valence electrons. The second-order valence-corrected chi connectivity index (χ2v) is 4.24. The highest BCUT2D eigenvalue weighted by molar-refractivity contribution is 9.10. The molecule has 2 aromatic rings. The summed E-state index contributed by atoms with van der Waals surface area (Å²) in [4.78, 5) is 15.7. The van der Waals surface area contributed by atoms with E-state index in [1.54, 1.807) is 18.2 Å². The van der Waals surface area contributed by atoms with Crippen LogP contribution in [0.2, 0.25) is 0 Å². The van der Waals surface area contributed by atoms with Crippen molar-refractivity contribution in [2.24, 2.45) is 0 Å². The lowest BCUT2D eigenvalue weighted by atomic mass is 10.3. The minimum absolute atomic E-state index is 0.352. The summed E-state index contributed by atoms with van der Waals surface area (Å²) in [6.45, 7) is 0. The molecule has 1 heterocycles. The highest BCUT2D eigenvalue weighted by Crippen LogP contribution is 2.11. The number of carbonyl (C=O) groups excluding carboxylic acids is 1. The molecule has 1 aromatic carbocycles. The highest BCUT2D eigenvalue weighted by Gasteiger charge is 2.03. The van der Waals surface area contributed by atoms with Crippen LogP contribution in [0, 0.1) is 5.82 Å². The second kappa shape index (κ2) is 5.59. The summed E-state index contributed by atoms with van der Waals surface area (Å²) < 4.78 is 13.3. The van der Waals surface area contributed by atoms with Crippen LogP contribution >= 0.6 is 15.9 Å². The van der Waals surface area contributed by atoms with E-state index in [9.17, 15) is 9.18 Å². The lowest BCUT2D eigenvalue weighted by Gasteiger charge is -2.06. The van der Waals surface area contributed by atoms with Gasteiger partial charge in [-0.2, -0.15) is 0 Å². The number of hydrogen-bond donors (Lipinski definition) is 2. The summed E-state index contributed by atoms with van der Waals surface area (Å²) in [7, 11) is 0. The molecule has 4 nitrogen and oxygen atoms in total. The molecule has 0 unspecified atom stereocenters. The minimum Gasteiger partial charge on any atom is -0.308 e. The Morgan fingerprint density at radius 2 is 1.83 bits per heavy atom. The van der Waals surface area contributed by atoms with Crippen molar-refractivity contribution in [2.75, 3.05) is 10.6 Å². The van der Waals surface area contributed by atoms with E-state index >= 15 is 0 Å². The summed E-state index contributed by atoms with van der Waals surface area (Å²) in [6, 6.07) is 10.2. The van der Waals surface area contributed by atoms with Gasteiger partial charge in [-0.25, -0.2) is 14.2 Å². The van der Waals surface area contributed by atoms with Crippen molar-refractivity contribution in [1.29, 1.82) is 0 Å². The van der Waals surface area contributed by atoms with E-state index in [1.807, 2.05) is 0 Å². The number of carbonyl (C=O) groups is 1. The number of aromatic nitrogens is 1. The molecule has 2 N–H and O–H groups in total. The van der Waals surface area contributed by atoms with Crippen molar-refractivity contribution in [3.8, 4) is 0 Å². The van der Waals surface area contributed by atoms with Crippen LogP contribution in [0.5, 0.6) is 0 Å². The molecule has 0 spiro atoms. The molecule has 0 fully saturated rings. The van der Waals surface area contributed by atoms with Crippen LogP contribution in [-0.2, 0) is 0 Å². The maximum Gasteiger partial charge on any atom is 0.324 e. The van der Waals surface area contributed by atoms with Crippen LogP contribution in [0.3, 0.4) is 0 Å². The van der Waals surface area contributed by atoms with Gasteiger partial charge in [0.05, 0.1) is 0 Å². The van der Waals surface area contributed by atoms with Crippen LogP contribution in [0.25, 0.3) is 0 Å². The quantitative estimate of drug-likeness (QED) is 0.832. The normalized spacial score (nSPS) is 9.89. The summed E-state index contributed by atoms with van der Waals surface area (Å²) in [5.41, 5.74) is 0.504. The SMILES string of the molecule is O=C(Nc1ccc(F)cc1)Nc1cccc(Br)n1. The third-order valence-corrected chi connectivity index (χ3v) is 2.50. The third-order valence-electron chi connectivity index (χ3n) is 2.06. The van der Waals surface area contributed by atoms with Gasteiger partial charge in [-0.3, -0.25) is 5.32 Å². The number of nitrogens with zero attached hydrogens (tertiary/aromatic N) is 1. The van der Waals surface area contributed by atoms with Crippen molar-refractivity contribution in [3.63, 3.8) is 0 Å². The summed E-state index contributed by atoms with van der Waals surface area (Å²) in [5.74, 6) is 0.0681. The molecular weight excluding hydrogens is 301 g/mol. The molecule has 1 aromatic heterocycles. The Morgan fingerprint density at radius 1 is 1.11 bits per heavy atom. The van der Waals surface area contributed by atoms with Gasteiger partial charge in [-0.1, -0.05) is 6.07 Å². The molecule has 0 radical (unpaired) electrons. The molecule has 0 saturated heterocycles. The number of nitrogens with one attached hydrogen (secondary N) is 2. The summed E-state index contributed by atoms with van der Waals surface area (Å²) in [6.07, 6.45) is 0. The number of amides is 2. The number of halogens is 2. The Morgan fingerprint density at radius 3 is 2.50 bits per heavy atom. The molecule has 0 aliphatic heterocycles. The van der Waals surface area contributed by atoms with Gasteiger partial charge in [-0.15, -0.1) is 0 Å². The van der Waals surface area contributed by atoms with Gasteiger partial charge in [-0.05, 0) is 52.3 Å². The van der Waals surface area contributed by atoms with E-state index in [0.29, 0.717) is 16.1 Å². The number of anilines is 2. The van der Waals surface area contributed by atoms with Gasteiger partial charge in [0, 0.05) is 5.69 Å².